The third-order valence-electron chi connectivity index (χ3n) is 6.05. The van der Waals surface area contributed by atoms with Crippen molar-refractivity contribution in [1.82, 2.24) is 14.7 Å². The van der Waals surface area contributed by atoms with E-state index in [9.17, 15) is 14.4 Å². The Labute approximate surface area is 200 Å². The van der Waals surface area contributed by atoms with Crippen molar-refractivity contribution in [3.63, 3.8) is 0 Å². The lowest BCUT2D eigenvalue weighted by atomic mass is 10.0. The molecule has 0 saturated carbocycles. The number of hydrogen-bond acceptors (Lipinski definition) is 5. The maximum absolute atomic E-state index is 12.9. The van der Waals surface area contributed by atoms with E-state index in [0.29, 0.717) is 38.3 Å². The molecule has 2 aliphatic heterocycles. The lowest BCUT2D eigenvalue weighted by molar-refractivity contribution is 0.0127. The molecule has 2 aromatic rings. The molecule has 2 fully saturated rings. The Bertz CT molecular complexity index is 1060. The van der Waals surface area contributed by atoms with Crippen LogP contribution in [0.5, 0.6) is 0 Å². The molecule has 0 bridgehead atoms. The third-order valence-corrected chi connectivity index (χ3v) is 6.05. The van der Waals surface area contributed by atoms with Crippen molar-refractivity contribution in [1.29, 1.82) is 0 Å². The number of ether oxygens (including phenoxy) is 2. The number of nitrogens with zero attached hydrogens (tertiary/aromatic N) is 3. The van der Waals surface area contributed by atoms with Crippen LogP contribution in [0.4, 0.5) is 9.59 Å². The zero-order chi connectivity index (χ0) is 24.5. The summed E-state index contributed by atoms with van der Waals surface area (Å²) in [5, 5.41) is 0. The van der Waals surface area contributed by atoms with Gasteiger partial charge >= 0.3 is 18.1 Å². The topological polar surface area (TPSA) is 79.4 Å². The zero-order valence-electron chi connectivity index (χ0n) is 20.1. The number of carbonyl (C=O) groups is 3. The van der Waals surface area contributed by atoms with E-state index in [4.69, 9.17) is 9.47 Å². The standard InChI is InChI=1S/C26H31N3O5/c1-26(2,3)34-25(32)27-13-14-29-22(16-27)17-28(24(29)31)15-18-5-7-19(8-6-18)20-9-11-21(12-10-20)23(30)33-4/h5-12,22H,13-17H2,1-4H3/t22-/m0/s1. The van der Waals surface area contributed by atoms with Crippen LogP contribution in [0.2, 0.25) is 0 Å². The van der Waals surface area contributed by atoms with E-state index in [0.717, 1.165) is 16.7 Å². The molecule has 34 heavy (non-hydrogen) atoms. The molecular weight excluding hydrogens is 434 g/mol. The van der Waals surface area contributed by atoms with Gasteiger partial charge in [-0.05, 0) is 49.6 Å². The second-order valence-electron chi connectivity index (χ2n) is 9.70. The van der Waals surface area contributed by atoms with E-state index in [1.54, 1.807) is 17.0 Å². The number of carbonyl (C=O) groups excluding carboxylic acids is 3. The molecule has 8 nitrogen and oxygen atoms in total. The van der Waals surface area contributed by atoms with Crippen LogP contribution in [0.25, 0.3) is 11.1 Å². The van der Waals surface area contributed by atoms with Gasteiger partial charge in [0.1, 0.15) is 5.60 Å². The predicted molar refractivity (Wildman–Crippen MR) is 127 cm³/mol. The van der Waals surface area contributed by atoms with Crippen LogP contribution in [0.1, 0.15) is 36.7 Å². The third kappa shape index (κ3) is 5.16. The minimum atomic E-state index is -0.540. The van der Waals surface area contributed by atoms with Crippen LogP contribution in [0, 0.1) is 0 Å². The number of methoxy groups -OCH3 is 1. The Balaban J connectivity index is 1.37. The first-order valence-electron chi connectivity index (χ1n) is 11.5. The molecule has 2 saturated heterocycles. The number of urea groups is 1. The Morgan fingerprint density at radius 2 is 1.56 bits per heavy atom. The van der Waals surface area contributed by atoms with Crippen molar-refractivity contribution in [2.24, 2.45) is 0 Å². The normalized spacial score (nSPS) is 18.1. The molecule has 3 amide bonds. The molecule has 0 radical (unpaired) electrons. The highest BCUT2D eigenvalue weighted by atomic mass is 16.6. The van der Waals surface area contributed by atoms with Gasteiger partial charge < -0.3 is 24.2 Å². The Kier molecular flexibility index (Phi) is 6.50. The smallest absolute Gasteiger partial charge is 0.410 e. The molecule has 0 aliphatic carbocycles. The van der Waals surface area contributed by atoms with Crippen molar-refractivity contribution in [2.75, 3.05) is 33.3 Å². The molecule has 2 aromatic carbocycles. The fraction of sp³-hybridized carbons (Fsp3) is 0.423. The number of hydrogen-bond donors (Lipinski definition) is 0. The van der Waals surface area contributed by atoms with Crippen LogP contribution in [-0.4, -0.2) is 77.7 Å². The summed E-state index contributed by atoms with van der Waals surface area (Å²) >= 11 is 0. The molecule has 4 rings (SSSR count). The first-order valence-corrected chi connectivity index (χ1v) is 11.5. The van der Waals surface area contributed by atoms with Crippen molar-refractivity contribution in [2.45, 2.75) is 39.0 Å². The number of amides is 3. The van der Waals surface area contributed by atoms with E-state index < -0.39 is 5.60 Å². The molecule has 0 unspecified atom stereocenters. The number of esters is 1. The summed E-state index contributed by atoms with van der Waals surface area (Å²) in [4.78, 5) is 42.4. The van der Waals surface area contributed by atoms with Crippen molar-refractivity contribution >= 4 is 18.1 Å². The Morgan fingerprint density at radius 3 is 2.15 bits per heavy atom. The van der Waals surface area contributed by atoms with Gasteiger partial charge in [0.15, 0.2) is 0 Å². The minimum absolute atomic E-state index is 0.0105. The van der Waals surface area contributed by atoms with Crippen LogP contribution < -0.4 is 0 Å². The van der Waals surface area contributed by atoms with E-state index >= 15 is 0 Å². The molecule has 8 heteroatoms. The first kappa shape index (κ1) is 23.6. The Hall–Kier alpha value is -3.55. The lowest BCUT2D eigenvalue weighted by Gasteiger charge is -2.37. The quantitative estimate of drug-likeness (QED) is 0.638. The summed E-state index contributed by atoms with van der Waals surface area (Å²) < 4.78 is 10.2. The highest BCUT2D eigenvalue weighted by Gasteiger charge is 2.42. The molecular formula is C26H31N3O5. The van der Waals surface area contributed by atoms with Gasteiger partial charge in [-0.2, -0.15) is 0 Å². The second kappa shape index (κ2) is 9.37. The summed E-state index contributed by atoms with van der Waals surface area (Å²) in [6, 6.07) is 15.3. The number of piperazine rings is 1. The molecule has 0 N–H and O–H groups in total. The highest BCUT2D eigenvalue weighted by Crippen LogP contribution is 2.25. The first-order chi connectivity index (χ1) is 16.1. The Morgan fingerprint density at radius 1 is 0.941 bits per heavy atom. The van der Waals surface area contributed by atoms with Crippen LogP contribution in [0.15, 0.2) is 48.5 Å². The minimum Gasteiger partial charge on any atom is -0.465 e. The van der Waals surface area contributed by atoms with Gasteiger partial charge in [-0.15, -0.1) is 0 Å². The van der Waals surface area contributed by atoms with Gasteiger partial charge in [-0.1, -0.05) is 36.4 Å². The fourth-order valence-electron chi connectivity index (χ4n) is 4.34. The predicted octanol–water partition coefficient (Wildman–Crippen LogP) is 4.00. The monoisotopic (exact) mass is 465 g/mol. The molecule has 0 aromatic heterocycles. The molecule has 0 spiro atoms. The highest BCUT2D eigenvalue weighted by molar-refractivity contribution is 5.90. The maximum Gasteiger partial charge on any atom is 0.410 e. The van der Waals surface area contributed by atoms with Crippen LogP contribution in [0.3, 0.4) is 0 Å². The summed E-state index contributed by atoms with van der Waals surface area (Å²) in [6.45, 7) is 8.13. The summed E-state index contributed by atoms with van der Waals surface area (Å²) in [5.74, 6) is -0.359. The van der Waals surface area contributed by atoms with Gasteiger partial charge in [-0.25, -0.2) is 14.4 Å². The van der Waals surface area contributed by atoms with Gasteiger partial charge in [0, 0.05) is 32.7 Å². The van der Waals surface area contributed by atoms with Crippen molar-refractivity contribution in [3.8, 4) is 11.1 Å². The molecule has 1 atom stereocenters. The van der Waals surface area contributed by atoms with Gasteiger partial charge in [0.2, 0.25) is 0 Å². The number of rotatable bonds is 4. The van der Waals surface area contributed by atoms with Gasteiger partial charge in [0.25, 0.3) is 0 Å². The second-order valence-corrected chi connectivity index (χ2v) is 9.70. The lowest BCUT2D eigenvalue weighted by Crippen LogP contribution is -2.54. The van der Waals surface area contributed by atoms with Crippen LogP contribution >= 0.6 is 0 Å². The average Bonchev–Trinajstić information content (AvgIpc) is 3.12. The summed E-state index contributed by atoms with van der Waals surface area (Å²) in [5.41, 5.74) is 3.03. The van der Waals surface area contributed by atoms with Crippen molar-refractivity contribution in [3.05, 3.63) is 59.7 Å². The SMILES string of the molecule is COC(=O)c1ccc(-c2ccc(CN3C[C@@H]4CN(C(=O)OC(C)(C)C)CCN4C3=O)cc2)cc1. The molecule has 180 valence electrons. The van der Waals surface area contributed by atoms with E-state index in [1.807, 2.05) is 67.0 Å². The summed E-state index contributed by atoms with van der Waals surface area (Å²) in [6.07, 6.45) is -0.326. The zero-order valence-corrected chi connectivity index (χ0v) is 20.1. The van der Waals surface area contributed by atoms with E-state index in [-0.39, 0.29) is 24.1 Å². The van der Waals surface area contributed by atoms with E-state index in [1.165, 1.54) is 7.11 Å². The largest absolute Gasteiger partial charge is 0.465 e. The molecule has 2 aliphatic rings. The van der Waals surface area contributed by atoms with Crippen molar-refractivity contribution < 1.29 is 23.9 Å². The summed E-state index contributed by atoms with van der Waals surface area (Å²) in [7, 11) is 1.36. The van der Waals surface area contributed by atoms with E-state index in [2.05, 4.69) is 0 Å². The van der Waals surface area contributed by atoms with Crippen LogP contribution in [-0.2, 0) is 16.0 Å². The number of benzene rings is 2. The average molecular weight is 466 g/mol. The maximum atomic E-state index is 12.9. The molecule has 2 heterocycles. The number of fused-ring (bicyclic) bond motifs is 1. The van der Waals surface area contributed by atoms with Gasteiger partial charge in [0.05, 0.1) is 18.7 Å². The van der Waals surface area contributed by atoms with Gasteiger partial charge in [-0.3, -0.25) is 0 Å². The fourth-order valence-corrected chi connectivity index (χ4v) is 4.34.